The standard InChI is InChI=1S/C30H38Cl2N2O7/c1-8-18(2)25(34(6)29(38)41-30(3,4)5)27(36)33-23(28(37)39-7)16-19-14-21(31)26(22(32)15-19)40-17-24(35)20-12-10-9-11-13-20/h9-15,18,23,25H,8,16-17H2,1-7H3,(H,33,36)/t18-,23+,25-/m0/s1. The lowest BCUT2D eigenvalue weighted by Gasteiger charge is -2.33. The van der Waals surface area contributed by atoms with Gasteiger partial charge in [-0.15, -0.1) is 0 Å². The second-order valence-electron chi connectivity index (χ2n) is 10.7. The lowest BCUT2D eigenvalue weighted by atomic mass is 9.96. The van der Waals surface area contributed by atoms with E-state index >= 15 is 0 Å². The molecule has 0 aliphatic carbocycles. The number of nitrogens with one attached hydrogen (secondary N) is 1. The number of amides is 2. The fourth-order valence-corrected chi connectivity index (χ4v) is 4.67. The number of methoxy groups -OCH3 is 1. The number of Topliss-reactive ketones (excluding diaryl/α,β-unsaturated/α-hetero) is 1. The molecule has 0 radical (unpaired) electrons. The molecule has 0 spiro atoms. The van der Waals surface area contributed by atoms with Crippen LogP contribution in [-0.2, 0) is 25.5 Å². The SMILES string of the molecule is CC[C@H](C)[C@@H](C(=O)N[C@H](Cc1cc(Cl)c(OCC(=O)c2ccccc2)c(Cl)c1)C(=O)OC)N(C)C(=O)OC(C)(C)C. The minimum absolute atomic E-state index is 0.00947. The number of benzene rings is 2. The first-order chi connectivity index (χ1) is 19.2. The topological polar surface area (TPSA) is 111 Å². The van der Waals surface area contributed by atoms with Gasteiger partial charge < -0.3 is 19.5 Å². The van der Waals surface area contributed by atoms with Gasteiger partial charge >= 0.3 is 12.1 Å². The van der Waals surface area contributed by atoms with Gasteiger partial charge in [0.05, 0.1) is 17.2 Å². The van der Waals surface area contributed by atoms with Crippen molar-refractivity contribution in [1.29, 1.82) is 0 Å². The van der Waals surface area contributed by atoms with Crippen LogP contribution < -0.4 is 10.1 Å². The molecule has 11 heteroatoms. The van der Waals surface area contributed by atoms with Crippen LogP contribution in [-0.4, -0.2) is 67.1 Å². The first-order valence-corrected chi connectivity index (χ1v) is 14.0. The zero-order valence-electron chi connectivity index (χ0n) is 24.5. The minimum Gasteiger partial charge on any atom is -0.482 e. The number of ether oxygens (including phenoxy) is 3. The highest BCUT2D eigenvalue weighted by Gasteiger charge is 2.36. The molecular formula is C30H38Cl2N2O7. The van der Waals surface area contributed by atoms with Crippen molar-refractivity contribution in [2.75, 3.05) is 20.8 Å². The van der Waals surface area contributed by atoms with Gasteiger partial charge in [0.1, 0.15) is 17.7 Å². The first kappa shape index (κ1) is 33.9. The van der Waals surface area contributed by atoms with Crippen molar-refractivity contribution in [3.8, 4) is 5.75 Å². The van der Waals surface area contributed by atoms with E-state index in [9.17, 15) is 19.2 Å². The molecule has 1 N–H and O–H groups in total. The lowest BCUT2D eigenvalue weighted by Crippen LogP contribution is -2.55. The van der Waals surface area contributed by atoms with Crippen LogP contribution in [0.3, 0.4) is 0 Å². The number of ketones is 1. The Labute approximate surface area is 251 Å². The Kier molecular flexibility index (Phi) is 12.5. The van der Waals surface area contributed by atoms with Crippen molar-refractivity contribution in [2.24, 2.45) is 5.92 Å². The van der Waals surface area contributed by atoms with Crippen LogP contribution >= 0.6 is 23.2 Å². The van der Waals surface area contributed by atoms with E-state index in [0.717, 1.165) is 0 Å². The van der Waals surface area contributed by atoms with Crippen LogP contribution in [0.5, 0.6) is 5.75 Å². The average molecular weight is 610 g/mol. The quantitative estimate of drug-likeness (QED) is 0.242. The van der Waals surface area contributed by atoms with E-state index in [1.165, 1.54) is 31.2 Å². The number of rotatable bonds is 12. The molecular weight excluding hydrogens is 571 g/mol. The summed E-state index contributed by atoms with van der Waals surface area (Å²) in [4.78, 5) is 52.5. The summed E-state index contributed by atoms with van der Waals surface area (Å²) in [6.45, 7) is 8.66. The van der Waals surface area contributed by atoms with Gasteiger partial charge in [-0.3, -0.25) is 14.5 Å². The molecule has 0 aromatic heterocycles. The van der Waals surface area contributed by atoms with Crippen molar-refractivity contribution < 1.29 is 33.4 Å². The third-order valence-corrected chi connectivity index (χ3v) is 6.86. The van der Waals surface area contributed by atoms with Gasteiger partial charge in [-0.1, -0.05) is 73.8 Å². The van der Waals surface area contributed by atoms with E-state index in [0.29, 0.717) is 17.5 Å². The maximum Gasteiger partial charge on any atom is 0.410 e. The number of hydrogen-bond donors (Lipinski definition) is 1. The molecule has 41 heavy (non-hydrogen) atoms. The predicted octanol–water partition coefficient (Wildman–Crippen LogP) is 5.74. The Morgan fingerprint density at radius 3 is 2.12 bits per heavy atom. The van der Waals surface area contributed by atoms with Gasteiger partial charge in [0.15, 0.2) is 18.1 Å². The van der Waals surface area contributed by atoms with Crippen LogP contribution in [0.1, 0.15) is 57.0 Å². The summed E-state index contributed by atoms with van der Waals surface area (Å²) < 4.78 is 16.0. The summed E-state index contributed by atoms with van der Waals surface area (Å²) in [5.74, 6) is -1.61. The summed E-state index contributed by atoms with van der Waals surface area (Å²) in [6.07, 6.45) is -0.0784. The second-order valence-corrected chi connectivity index (χ2v) is 11.5. The molecule has 0 saturated carbocycles. The lowest BCUT2D eigenvalue weighted by molar-refractivity contribution is -0.145. The number of halogens is 2. The molecule has 2 aromatic carbocycles. The number of nitrogens with zero attached hydrogens (tertiary/aromatic N) is 1. The Morgan fingerprint density at radius 1 is 1.02 bits per heavy atom. The number of carbonyl (C=O) groups is 4. The van der Waals surface area contributed by atoms with E-state index < -0.39 is 35.7 Å². The third-order valence-electron chi connectivity index (χ3n) is 6.29. The van der Waals surface area contributed by atoms with Crippen LogP contribution in [0.25, 0.3) is 0 Å². The van der Waals surface area contributed by atoms with Crippen molar-refractivity contribution in [3.05, 3.63) is 63.6 Å². The van der Waals surface area contributed by atoms with E-state index in [1.807, 2.05) is 13.8 Å². The van der Waals surface area contributed by atoms with Gasteiger partial charge in [0, 0.05) is 19.0 Å². The number of likely N-dealkylation sites (N-methyl/N-ethyl adjacent to an activating group) is 1. The molecule has 2 rings (SSSR count). The average Bonchev–Trinajstić information content (AvgIpc) is 2.91. The van der Waals surface area contributed by atoms with Crippen molar-refractivity contribution in [3.63, 3.8) is 0 Å². The normalized spacial score (nSPS) is 13.4. The van der Waals surface area contributed by atoms with E-state index in [2.05, 4.69) is 5.32 Å². The monoisotopic (exact) mass is 608 g/mol. The summed E-state index contributed by atoms with van der Waals surface area (Å²) in [5, 5.41) is 2.98. The van der Waals surface area contributed by atoms with Gasteiger partial charge in [-0.2, -0.15) is 0 Å². The fraction of sp³-hybridized carbons (Fsp3) is 0.467. The molecule has 0 fully saturated rings. The highest BCUT2D eigenvalue weighted by molar-refractivity contribution is 6.37. The molecule has 0 saturated heterocycles. The first-order valence-electron chi connectivity index (χ1n) is 13.2. The molecule has 2 aromatic rings. The van der Waals surface area contributed by atoms with Crippen LogP contribution in [0.15, 0.2) is 42.5 Å². The maximum atomic E-state index is 13.5. The molecule has 224 valence electrons. The molecule has 3 atom stereocenters. The zero-order chi connectivity index (χ0) is 30.9. The number of carbonyl (C=O) groups excluding carboxylic acids is 4. The fourth-order valence-electron chi connectivity index (χ4n) is 4.03. The van der Waals surface area contributed by atoms with Crippen LogP contribution in [0.2, 0.25) is 10.0 Å². The highest BCUT2D eigenvalue weighted by Crippen LogP contribution is 2.35. The Bertz CT molecular complexity index is 1210. The molecule has 0 bridgehead atoms. The molecule has 0 aliphatic rings. The van der Waals surface area contributed by atoms with Crippen LogP contribution in [0, 0.1) is 5.92 Å². The summed E-state index contributed by atoms with van der Waals surface area (Å²) in [7, 11) is 2.69. The second kappa shape index (κ2) is 15.1. The van der Waals surface area contributed by atoms with Crippen molar-refractivity contribution in [1.82, 2.24) is 10.2 Å². The summed E-state index contributed by atoms with van der Waals surface area (Å²) in [5.41, 5.74) is 0.249. The zero-order valence-corrected chi connectivity index (χ0v) is 26.0. The number of hydrogen-bond acceptors (Lipinski definition) is 7. The van der Waals surface area contributed by atoms with Gasteiger partial charge in [0.2, 0.25) is 5.91 Å². The van der Waals surface area contributed by atoms with Crippen molar-refractivity contribution in [2.45, 2.75) is 65.1 Å². The largest absolute Gasteiger partial charge is 0.482 e. The van der Waals surface area contributed by atoms with Gasteiger partial charge in [0.25, 0.3) is 0 Å². The van der Waals surface area contributed by atoms with Crippen molar-refractivity contribution >= 4 is 47.0 Å². The third kappa shape index (κ3) is 9.93. The van der Waals surface area contributed by atoms with E-state index in [-0.39, 0.29) is 40.5 Å². The molecule has 9 nitrogen and oxygen atoms in total. The molecule has 0 heterocycles. The Morgan fingerprint density at radius 2 is 1.61 bits per heavy atom. The Balaban J connectivity index is 2.22. The summed E-state index contributed by atoms with van der Waals surface area (Å²) >= 11 is 12.8. The smallest absolute Gasteiger partial charge is 0.410 e. The number of esters is 1. The maximum absolute atomic E-state index is 13.5. The predicted molar refractivity (Wildman–Crippen MR) is 158 cm³/mol. The highest BCUT2D eigenvalue weighted by atomic mass is 35.5. The molecule has 0 unspecified atom stereocenters. The molecule has 0 aliphatic heterocycles. The van der Waals surface area contributed by atoms with Crippen LogP contribution in [0.4, 0.5) is 4.79 Å². The summed E-state index contributed by atoms with van der Waals surface area (Å²) in [6, 6.07) is 9.72. The van der Waals surface area contributed by atoms with E-state index in [4.69, 9.17) is 37.4 Å². The van der Waals surface area contributed by atoms with Gasteiger partial charge in [-0.25, -0.2) is 9.59 Å². The molecule has 2 amide bonds. The van der Waals surface area contributed by atoms with Gasteiger partial charge in [-0.05, 0) is 44.4 Å². The Hall–Kier alpha value is -3.30. The van der Waals surface area contributed by atoms with E-state index in [1.54, 1.807) is 51.1 Å². The minimum atomic E-state index is -1.11.